The Morgan fingerprint density at radius 1 is 0.884 bits per heavy atom. The highest BCUT2D eigenvalue weighted by atomic mass is 19.1. The van der Waals surface area contributed by atoms with Gasteiger partial charge in [-0.3, -0.25) is 19.7 Å². The van der Waals surface area contributed by atoms with Crippen LogP contribution < -0.4 is 16.2 Å². The van der Waals surface area contributed by atoms with Gasteiger partial charge < -0.3 is 15.4 Å². The van der Waals surface area contributed by atoms with Crippen LogP contribution in [0, 0.1) is 23.4 Å². The summed E-state index contributed by atoms with van der Waals surface area (Å²) in [6, 6.07) is 18.4. The summed E-state index contributed by atoms with van der Waals surface area (Å²) in [5.41, 5.74) is -1.51. The number of hydrogen-bond acceptors (Lipinski definition) is 5. The van der Waals surface area contributed by atoms with Crippen LogP contribution in [0.25, 0.3) is 0 Å². The molecule has 1 aromatic heterocycles. The molecule has 4 aromatic rings. The normalized spacial score (nSPS) is 14.8. The highest BCUT2D eigenvalue weighted by molar-refractivity contribution is 6.12. The van der Waals surface area contributed by atoms with Gasteiger partial charge in [0.2, 0.25) is 5.56 Å². The van der Waals surface area contributed by atoms with Crippen molar-refractivity contribution in [3.05, 3.63) is 129 Å². The number of carboxylic acids is 1. The number of carboxylic acid groups (broad SMARTS) is 1. The monoisotopic (exact) mass is 589 g/mol. The Hall–Kier alpha value is -4.70. The number of anilines is 2. The second-order valence-corrected chi connectivity index (χ2v) is 10.8. The van der Waals surface area contributed by atoms with Crippen LogP contribution in [0.5, 0.6) is 0 Å². The van der Waals surface area contributed by atoms with Crippen molar-refractivity contribution < 1.29 is 27.9 Å². The van der Waals surface area contributed by atoms with E-state index in [0.717, 1.165) is 61.6 Å². The minimum Gasteiger partial charge on any atom is -0.480 e. The summed E-state index contributed by atoms with van der Waals surface area (Å²) in [5, 5.41) is 16.1. The molecule has 1 aliphatic carbocycles. The van der Waals surface area contributed by atoms with Crippen molar-refractivity contribution in [1.82, 2.24) is 10.3 Å². The number of halogens is 3. The molecule has 1 atom stereocenters. The summed E-state index contributed by atoms with van der Waals surface area (Å²) in [7, 11) is 0. The van der Waals surface area contributed by atoms with Crippen LogP contribution in [0.2, 0.25) is 0 Å². The molecule has 7 nitrogen and oxygen atoms in total. The predicted molar refractivity (Wildman–Crippen MR) is 156 cm³/mol. The van der Waals surface area contributed by atoms with E-state index in [9.17, 15) is 23.9 Å². The van der Waals surface area contributed by atoms with Gasteiger partial charge in [-0.1, -0.05) is 43.2 Å². The van der Waals surface area contributed by atoms with Gasteiger partial charge in [0.05, 0.1) is 5.56 Å². The highest BCUT2D eigenvalue weighted by Crippen LogP contribution is 2.37. The van der Waals surface area contributed by atoms with Gasteiger partial charge in [0.1, 0.15) is 34.5 Å². The van der Waals surface area contributed by atoms with Gasteiger partial charge in [0.25, 0.3) is 0 Å². The van der Waals surface area contributed by atoms with Crippen LogP contribution >= 0.6 is 0 Å². The number of carbonyl (C=O) groups excluding carboxylic acids is 1. The van der Waals surface area contributed by atoms with E-state index in [1.165, 1.54) is 18.2 Å². The SMILES string of the molecule is O=C(c1ccc(F)cc1)c1ccc(=O)[nH]c1Nc1c(F)cc(CN[C@](Cc2ccccc2)(C(=O)O)C2CCCC2)cc1F. The average molecular weight is 590 g/mol. The lowest BCUT2D eigenvalue weighted by Gasteiger charge is -2.36. The van der Waals surface area contributed by atoms with Crippen LogP contribution in [0.4, 0.5) is 24.7 Å². The summed E-state index contributed by atoms with van der Waals surface area (Å²) < 4.78 is 44.1. The minimum absolute atomic E-state index is 0.0838. The first-order valence-corrected chi connectivity index (χ1v) is 14.0. The maximum atomic E-state index is 15.4. The van der Waals surface area contributed by atoms with Crippen molar-refractivity contribution in [3.8, 4) is 0 Å². The van der Waals surface area contributed by atoms with Crippen molar-refractivity contribution in [2.24, 2.45) is 5.92 Å². The average Bonchev–Trinajstić information content (AvgIpc) is 3.53. The van der Waals surface area contributed by atoms with Crippen molar-refractivity contribution in [3.63, 3.8) is 0 Å². The van der Waals surface area contributed by atoms with E-state index >= 15 is 8.78 Å². The zero-order valence-corrected chi connectivity index (χ0v) is 23.1. The summed E-state index contributed by atoms with van der Waals surface area (Å²) in [5.74, 6) is -4.58. The first-order chi connectivity index (χ1) is 20.7. The van der Waals surface area contributed by atoms with Gasteiger partial charge >= 0.3 is 5.97 Å². The number of aromatic nitrogens is 1. The number of carbonyl (C=O) groups is 2. The van der Waals surface area contributed by atoms with Crippen molar-refractivity contribution in [2.75, 3.05) is 5.32 Å². The fourth-order valence-corrected chi connectivity index (χ4v) is 5.76. The van der Waals surface area contributed by atoms with E-state index in [0.29, 0.717) is 0 Å². The molecular weight excluding hydrogens is 559 g/mol. The lowest BCUT2D eigenvalue weighted by atomic mass is 9.77. The predicted octanol–water partition coefficient (Wildman–Crippen LogP) is 6.11. The third-order valence-corrected chi connectivity index (χ3v) is 7.99. The van der Waals surface area contributed by atoms with Crippen LogP contribution in [-0.2, 0) is 17.8 Å². The quantitative estimate of drug-likeness (QED) is 0.157. The lowest BCUT2D eigenvalue weighted by molar-refractivity contribution is -0.147. The zero-order chi connectivity index (χ0) is 30.6. The van der Waals surface area contributed by atoms with E-state index < -0.39 is 46.0 Å². The molecule has 0 radical (unpaired) electrons. The molecule has 0 amide bonds. The zero-order valence-electron chi connectivity index (χ0n) is 23.1. The smallest absolute Gasteiger partial charge is 0.324 e. The van der Waals surface area contributed by atoms with Crippen molar-refractivity contribution in [2.45, 2.75) is 44.2 Å². The van der Waals surface area contributed by atoms with Gasteiger partial charge in [-0.2, -0.15) is 0 Å². The molecule has 0 saturated heterocycles. The lowest BCUT2D eigenvalue weighted by Crippen LogP contribution is -2.58. The van der Waals surface area contributed by atoms with E-state index in [1.54, 1.807) is 0 Å². The molecule has 5 rings (SSSR count). The number of benzene rings is 3. The Kier molecular flexibility index (Phi) is 8.77. The molecule has 1 aliphatic rings. The van der Waals surface area contributed by atoms with E-state index in [-0.39, 0.29) is 41.4 Å². The third-order valence-electron chi connectivity index (χ3n) is 7.99. The minimum atomic E-state index is -1.33. The molecule has 222 valence electrons. The summed E-state index contributed by atoms with van der Waals surface area (Å²) >= 11 is 0. The number of hydrogen-bond donors (Lipinski definition) is 4. The molecule has 1 saturated carbocycles. The number of aromatic amines is 1. The Balaban J connectivity index is 1.41. The maximum absolute atomic E-state index is 15.4. The van der Waals surface area contributed by atoms with E-state index in [2.05, 4.69) is 15.6 Å². The molecule has 0 bridgehead atoms. The number of H-pyrrole nitrogens is 1. The van der Waals surface area contributed by atoms with E-state index in [4.69, 9.17) is 0 Å². The number of nitrogens with one attached hydrogen (secondary N) is 3. The van der Waals surface area contributed by atoms with E-state index in [1.807, 2.05) is 30.3 Å². The number of pyridine rings is 1. The molecule has 1 fully saturated rings. The second-order valence-electron chi connectivity index (χ2n) is 10.8. The van der Waals surface area contributed by atoms with Crippen molar-refractivity contribution >= 4 is 23.3 Å². The fourth-order valence-electron chi connectivity index (χ4n) is 5.76. The maximum Gasteiger partial charge on any atom is 0.324 e. The Morgan fingerprint density at radius 3 is 2.16 bits per heavy atom. The summed E-state index contributed by atoms with van der Waals surface area (Å²) in [4.78, 5) is 40.2. The Morgan fingerprint density at radius 2 is 1.53 bits per heavy atom. The third kappa shape index (κ3) is 6.54. The first kappa shape index (κ1) is 29.8. The molecule has 0 aliphatic heterocycles. The molecule has 10 heteroatoms. The number of aliphatic carboxylic acids is 1. The summed E-state index contributed by atoms with van der Waals surface area (Å²) in [6.07, 6.45) is 3.49. The molecule has 43 heavy (non-hydrogen) atoms. The number of rotatable bonds is 11. The Bertz CT molecular complexity index is 1660. The number of ketones is 1. The molecule has 0 spiro atoms. The van der Waals surface area contributed by atoms with Crippen molar-refractivity contribution in [1.29, 1.82) is 0 Å². The molecule has 3 aromatic carbocycles. The van der Waals surface area contributed by atoms with Gasteiger partial charge in [-0.15, -0.1) is 0 Å². The molecule has 0 unspecified atom stereocenters. The second kappa shape index (κ2) is 12.7. The van der Waals surface area contributed by atoms with Gasteiger partial charge in [0, 0.05) is 24.6 Å². The highest BCUT2D eigenvalue weighted by Gasteiger charge is 2.46. The Labute approximate surface area is 245 Å². The molecular formula is C33H30F3N3O4. The topological polar surface area (TPSA) is 111 Å². The van der Waals surface area contributed by atoms with Crippen LogP contribution in [0.1, 0.15) is 52.7 Å². The largest absolute Gasteiger partial charge is 0.480 e. The summed E-state index contributed by atoms with van der Waals surface area (Å²) in [6.45, 7) is -0.111. The molecule has 1 heterocycles. The molecule has 4 N–H and O–H groups in total. The van der Waals surface area contributed by atoms with Crippen LogP contribution in [0.15, 0.2) is 83.7 Å². The van der Waals surface area contributed by atoms with Crippen LogP contribution in [0.3, 0.4) is 0 Å². The van der Waals surface area contributed by atoms with Crippen LogP contribution in [-0.4, -0.2) is 27.4 Å². The first-order valence-electron chi connectivity index (χ1n) is 14.0. The van der Waals surface area contributed by atoms with Gasteiger partial charge in [-0.25, -0.2) is 13.2 Å². The van der Waals surface area contributed by atoms with Gasteiger partial charge in [-0.05, 0) is 72.4 Å². The fraction of sp³-hybridized carbons (Fsp3) is 0.242. The standard InChI is InChI=1S/C33H30F3N3O4/c34-24-12-10-22(11-13-24)30(41)25-14-15-28(40)38-31(25)39-29-26(35)16-21(17-27(29)36)19-37-33(32(42)43,23-8-4-5-9-23)18-20-6-2-1-3-7-20/h1-3,6-7,10-17,23,37H,4-5,8-9,18-19H2,(H,42,43)(H2,38,39,40)/t33-/m0/s1. The van der Waals surface area contributed by atoms with Gasteiger partial charge in [0.15, 0.2) is 5.78 Å².